The van der Waals surface area contributed by atoms with Crippen LogP contribution in [0.25, 0.3) is 10.9 Å². The molecule has 0 saturated carbocycles. The van der Waals surface area contributed by atoms with Crippen LogP contribution in [-0.4, -0.2) is 41.0 Å². The Morgan fingerprint density at radius 3 is 2.95 bits per heavy atom. The number of anilines is 2. The second kappa shape index (κ2) is 5.60. The lowest BCUT2D eigenvalue weighted by molar-refractivity contribution is 0.261. The van der Waals surface area contributed by atoms with Gasteiger partial charge < -0.3 is 10.2 Å². The first-order valence-electron chi connectivity index (χ1n) is 6.95. The molecule has 6 heteroatoms. The summed E-state index contributed by atoms with van der Waals surface area (Å²) in [4.78, 5) is 11.2. The van der Waals surface area contributed by atoms with Crippen molar-refractivity contribution < 1.29 is 0 Å². The molecule has 0 aliphatic carbocycles. The number of nitrogen functional groups attached to an aromatic ring is 1. The van der Waals surface area contributed by atoms with E-state index in [0.717, 1.165) is 36.2 Å². The monoisotopic (exact) mass is 272 g/mol. The Morgan fingerprint density at radius 1 is 1.30 bits per heavy atom. The fourth-order valence-corrected chi connectivity index (χ4v) is 2.73. The molecular formula is C14H20N6. The van der Waals surface area contributed by atoms with Gasteiger partial charge in [0.1, 0.15) is 5.82 Å². The number of rotatable bonds is 3. The molecule has 1 aromatic heterocycles. The molecule has 106 valence electrons. The number of para-hydroxylation sites is 1. The Balaban J connectivity index is 1.93. The highest BCUT2D eigenvalue weighted by Gasteiger charge is 2.18. The summed E-state index contributed by atoms with van der Waals surface area (Å²) >= 11 is 0. The second-order valence-electron chi connectivity index (χ2n) is 5.30. The molecule has 1 atom stereocenters. The van der Waals surface area contributed by atoms with E-state index in [2.05, 4.69) is 32.7 Å². The third-order valence-corrected chi connectivity index (χ3v) is 3.70. The van der Waals surface area contributed by atoms with Gasteiger partial charge >= 0.3 is 0 Å². The summed E-state index contributed by atoms with van der Waals surface area (Å²) < 4.78 is 0. The van der Waals surface area contributed by atoms with E-state index >= 15 is 0 Å². The summed E-state index contributed by atoms with van der Waals surface area (Å²) in [6.45, 7) is 2.20. The van der Waals surface area contributed by atoms with E-state index in [1.54, 1.807) is 0 Å². The van der Waals surface area contributed by atoms with Gasteiger partial charge in [-0.15, -0.1) is 0 Å². The highest BCUT2D eigenvalue weighted by atomic mass is 15.3. The molecule has 1 aliphatic rings. The smallest absolute Gasteiger partial charge is 0.239 e. The van der Waals surface area contributed by atoms with Gasteiger partial charge in [-0.2, -0.15) is 4.98 Å². The van der Waals surface area contributed by atoms with Gasteiger partial charge in [0.15, 0.2) is 0 Å². The number of likely N-dealkylation sites (tertiary alicyclic amines) is 1. The van der Waals surface area contributed by atoms with Gasteiger partial charge in [-0.1, -0.05) is 12.1 Å². The lowest BCUT2D eigenvalue weighted by atomic mass is 10.1. The number of nitrogens with two attached hydrogens (primary N) is 1. The van der Waals surface area contributed by atoms with Gasteiger partial charge in [0.25, 0.3) is 0 Å². The van der Waals surface area contributed by atoms with E-state index < -0.39 is 0 Å². The molecule has 4 N–H and O–H groups in total. The Bertz CT molecular complexity index is 599. The molecular weight excluding hydrogens is 252 g/mol. The maximum atomic E-state index is 5.45. The second-order valence-corrected chi connectivity index (χ2v) is 5.30. The Kier molecular flexibility index (Phi) is 3.66. The maximum absolute atomic E-state index is 5.45. The number of hydrogen-bond acceptors (Lipinski definition) is 6. The highest BCUT2D eigenvalue weighted by molar-refractivity contribution is 5.90. The Hall–Kier alpha value is -1.92. The van der Waals surface area contributed by atoms with Crippen molar-refractivity contribution in [3.63, 3.8) is 0 Å². The van der Waals surface area contributed by atoms with Crippen molar-refractivity contribution in [2.75, 3.05) is 30.9 Å². The summed E-state index contributed by atoms with van der Waals surface area (Å²) in [6.07, 6.45) is 2.37. The molecule has 1 saturated heterocycles. The average molecular weight is 272 g/mol. The largest absolute Gasteiger partial charge is 0.365 e. The number of benzene rings is 1. The van der Waals surface area contributed by atoms with Crippen molar-refractivity contribution in [3.8, 4) is 0 Å². The maximum Gasteiger partial charge on any atom is 0.239 e. The first-order chi connectivity index (χ1) is 9.76. The minimum atomic E-state index is 0.415. The minimum absolute atomic E-state index is 0.415. The van der Waals surface area contributed by atoms with Gasteiger partial charge in [0.2, 0.25) is 5.95 Å². The van der Waals surface area contributed by atoms with Crippen LogP contribution in [0.5, 0.6) is 0 Å². The van der Waals surface area contributed by atoms with Crippen LogP contribution in [0.4, 0.5) is 11.8 Å². The van der Waals surface area contributed by atoms with Crippen LogP contribution in [0.15, 0.2) is 24.3 Å². The number of likely N-dealkylation sites (N-methyl/N-ethyl adjacent to an activating group) is 1. The number of fused-ring (bicyclic) bond motifs is 1. The van der Waals surface area contributed by atoms with Gasteiger partial charge in [-0.25, -0.2) is 10.8 Å². The van der Waals surface area contributed by atoms with E-state index in [1.165, 1.54) is 6.42 Å². The molecule has 6 nitrogen and oxygen atoms in total. The quantitative estimate of drug-likeness (QED) is 0.579. The van der Waals surface area contributed by atoms with Crippen LogP contribution in [0, 0.1) is 0 Å². The van der Waals surface area contributed by atoms with Crippen molar-refractivity contribution in [1.82, 2.24) is 14.9 Å². The standard InChI is InChI=1S/C14H20N6/c1-20-8-4-5-10(9-20)16-13-11-6-2-3-7-12(11)17-14(18-13)19-15/h2-3,6-7,10H,4-5,8-9,15H2,1H3,(H2,16,17,18,19). The molecule has 2 aromatic rings. The molecule has 20 heavy (non-hydrogen) atoms. The van der Waals surface area contributed by atoms with Crippen LogP contribution < -0.4 is 16.6 Å². The molecule has 1 aromatic carbocycles. The SMILES string of the molecule is CN1CCCC(Nc2nc(NN)nc3ccccc23)C1. The van der Waals surface area contributed by atoms with Crippen molar-refractivity contribution >= 4 is 22.7 Å². The fraction of sp³-hybridized carbons (Fsp3) is 0.429. The summed E-state index contributed by atoms with van der Waals surface area (Å²) in [5.74, 6) is 6.74. The van der Waals surface area contributed by atoms with Crippen LogP contribution >= 0.6 is 0 Å². The molecule has 1 fully saturated rings. The lowest BCUT2D eigenvalue weighted by Crippen LogP contribution is -2.40. The van der Waals surface area contributed by atoms with E-state index in [0.29, 0.717) is 12.0 Å². The minimum Gasteiger partial charge on any atom is -0.365 e. The van der Waals surface area contributed by atoms with Gasteiger partial charge in [-0.3, -0.25) is 5.43 Å². The third-order valence-electron chi connectivity index (χ3n) is 3.70. The van der Waals surface area contributed by atoms with Crippen LogP contribution in [0.1, 0.15) is 12.8 Å². The van der Waals surface area contributed by atoms with Gasteiger partial charge in [0, 0.05) is 18.0 Å². The van der Waals surface area contributed by atoms with Crippen LogP contribution in [0.3, 0.4) is 0 Å². The zero-order valence-corrected chi connectivity index (χ0v) is 11.6. The molecule has 0 spiro atoms. The number of nitrogens with one attached hydrogen (secondary N) is 2. The predicted octanol–water partition coefficient (Wildman–Crippen LogP) is 1.42. The summed E-state index contributed by atoms with van der Waals surface area (Å²) in [6, 6.07) is 8.38. The first-order valence-corrected chi connectivity index (χ1v) is 6.95. The molecule has 0 radical (unpaired) electrons. The molecule has 2 heterocycles. The Morgan fingerprint density at radius 2 is 2.15 bits per heavy atom. The van der Waals surface area contributed by atoms with Gasteiger partial charge in [-0.05, 0) is 38.6 Å². The van der Waals surface area contributed by atoms with Crippen LogP contribution in [-0.2, 0) is 0 Å². The van der Waals surface area contributed by atoms with E-state index in [1.807, 2.05) is 24.3 Å². The molecule has 3 rings (SSSR count). The topological polar surface area (TPSA) is 79.1 Å². The summed E-state index contributed by atoms with van der Waals surface area (Å²) in [7, 11) is 2.15. The molecule has 1 aliphatic heterocycles. The fourth-order valence-electron chi connectivity index (χ4n) is 2.73. The van der Waals surface area contributed by atoms with Gasteiger partial charge in [0.05, 0.1) is 5.52 Å². The van der Waals surface area contributed by atoms with E-state index in [9.17, 15) is 0 Å². The number of hydrazine groups is 1. The zero-order chi connectivity index (χ0) is 13.9. The number of hydrogen-bond donors (Lipinski definition) is 3. The number of piperidine rings is 1. The van der Waals surface area contributed by atoms with Crippen molar-refractivity contribution in [2.45, 2.75) is 18.9 Å². The summed E-state index contributed by atoms with van der Waals surface area (Å²) in [5.41, 5.74) is 3.42. The predicted molar refractivity (Wildman–Crippen MR) is 81.5 cm³/mol. The van der Waals surface area contributed by atoms with Crippen molar-refractivity contribution in [2.24, 2.45) is 5.84 Å². The Labute approximate surface area is 118 Å². The van der Waals surface area contributed by atoms with E-state index in [4.69, 9.17) is 5.84 Å². The van der Waals surface area contributed by atoms with Crippen molar-refractivity contribution in [1.29, 1.82) is 0 Å². The third kappa shape index (κ3) is 2.66. The van der Waals surface area contributed by atoms with Crippen LogP contribution in [0.2, 0.25) is 0 Å². The summed E-state index contributed by atoms with van der Waals surface area (Å²) in [5, 5.41) is 4.57. The molecule has 0 bridgehead atoms. The number of nitrogens with zero attached hydrogens (tertiary/aromatic N) is 3. The number of aromatic nitrogens is 2. The van der Waals surface area contributed by atoms with Crippen molar-refractivity contribution in [3.05, 3.63) is 24.3 Å². The lowest BCUT2D eigenvalue weighted by Gasteiger charge is -2.30. The highest BCUT2D eigenvalue weighted by Crippen LogP contribution is 2.23. The normalized spacial score (nSPS) is 20.0. The average Bonchev–Trinajstić information content (AvgIpc) is 2.47. The molecule has 1 unspecified atom stereocenters. The first kappa shape index (κ1) is 13.1. The van der Waals surface area contributed by atoms with E-state index in [-0.39, 0.29) is 0 Å². The zero-order valence-electron chi connectivity index (χ0n) is 11.6. The molecule has 0 amide bonds.